The molecule has 0 amide bonds. The molecular formula is C14H30O5S. The third-order valence-corrected chi connectivity index (χ3v) is 4.18. The molecule has 1 fully saturated rings. The predicted molar refractivity (Wildman–Crippen MR) is 79.8 cm³/mol. The van der Waals surface area contributed by atoms with E-state index in [0.717, 1.165) is 18.8 Å². The van der Waals surface area contributed by atoms with Crippen molar-refractivity contribution in [2.75, 3.05) is 6.61 Å². The molecule has 0 aromatic carbocycles. The summed E-state index contributed by atoms with van der Waals surface area (Å²) in [6.07, 6.45) is 5.00. The molecule has 0 heterocycles. The monoisotopic (exact) mass is 310 g/mol. The maximum atomic E-state index is 9.84. The average molecular weight is 310 g/mol. The van der Waals surface area contributed by atoms with E-state index in [1.807, 2.05) is 6.92 Å². The van der Waals surface area contributed by atoms with Crippen LogP contribution in [0, 0.1) is 17.8 Å². The summed E-state index contributed by atoms with van der Waals surface area (Å²) in [6, 6.07) is 0. The molecular weight excluding hydrogens is 280 g/mol. The molecule has 1 rings (SSSR count). The Hall–Kier alpha value is -0.170. The molecule has 0 spiro atoms. The van der Waals surface area contributed by atoms with Gasteiger partial charge in [0.25, 0.3) is 0 Å². The lowest BCUT2D eigenvalue weighted by molar-refractivity contribution is 0.0266. The first-order valence-electron chi connectivity index (χ1n) is 7.47. The molecule has 3 atom stereocenters. The van der Waals surface area contributed by atoms with Gasteiger partial charge in [0.05, 0.1) is 12.7 Å². The molecule has 2 N–H and O–H groups in total. The number of aliphatic hydroxyl groups excluding tert-OH is 1. The van der Waals surface area contributed by atoms with Crippen molar-refractivity contribution < 1.29 is 22.3 Å². The third-order valence-electron chi connectivity index (χ3n) is 3.72. The molecule has 3 unspecified atom stereocenters. The van der Waals surface area contributed by atoms with Gasteiger partial charge in [-0.05, 0) is 37.0 Å². The molecule has 0 bridgehead atoms. The van der Waals surface area contributed by atoms with Crippen LogP contribution in [-0.4, -0.2) is 30.8 Å². The minimum Gasteiger partial charge on any atom is -0.393 e. The first-order chi connectivity index (χ1) is 9.17. The zero-order chi connectivity index (χ0) is 15.8. The second-order valence-electron chi connectivity index (χ2n) is 6.00. The second-order valence-corrected chi connectivity index (χ2v) is 7.09. The van der Waals surface area contributed by atoms with E-state index in [1.54, 1.807) is 0 Å². The van der Waals surface area contributed by atoms with E-state index in [9.17, 15) is 13.5 Å². The average Bonchev–Trinajstić information content (AvgIpc) is 2.27. The third kappa shape index (κ3) is 9.69. The topological polar surface area (TPSA) is 83.8 Å². The summed E-state index contributed by atoms with van der Waals surface area (Å²) in [4.78, 5) is 0. The van der Waals surface area contributed by atoms with Gasteiger partial charge >= 0.3 is 10.4 Å². The van der Waals surface area contributed by atoms with Gasteiger partial charge in [-0.1, -0.05) is 40.5 Å². The maximum Gasteiger partial charge on any atom is 0.397 e. The van der Waals surface area contributed by atoms with E-state index in [1.165, 1.54) is 12.8 Å². The number of hydrogen-bond acceptors (Lipinski definition) is 4. The Labute approximate surface area is 123 Å². The molecule has 6 heteroatoms. The molecule has 0 radical (unpaired) electrons. The van der Waals surface area contributed by atoms with Gasteiger partial charge < -0.3 is 5.11 Å². The Morgan fingerprint density at radius 2 is 1.90 bits per heavy atom. The summed E-state index contributed by atoms with van der Waals surface area (Å²) < 4.78 is 31.7. The minimum atomic E-state index is -4.20. The van der Waals surface area contributed by atoms with Gasteiger partial charge in [-0.3, -0.25) is 4.55 Å². The van der Waals surface area contributed by atoms with Crippen LogP contribution in [0.4, 0.5) is 0 Å². The van der Waals surface area contributed by atoms with Crippen molar-refractivity contribution in [3.05, 3.63) is 0 Å². The quantitative estimate of drug-likeness (QED) is 0.602. The van der Waals surface area contributed by atoms with Crippen molar-refractivity contribution in [1.29, 1.82) is 0 Å². The number of aliphatic hydroxyl groups is 1. The molecule has 1 aliphatic carbocycles. The fourth-order valence-electron chi connectivity index (χ4n) is 2.46. The van der Waals surface area contributed by atoms with Gasteiger partial charge in [-0.2, -0.15) is 8.42 Å². The molecule has 5 nitrogen and oxygen atoms in total. The molecule has 1 aliphatic rings. The van der Waals surface area contributed by atoms with E-state index in [4.69, 9.17) is 4.55 Å². The van der Waals surface area contributed by atoms with Crippen LogP contribution in [0.25, 0.3) is 0 Å². The summed E-state index contributed by atoms with van der Waals surface area (Å²) in [7, 11) is -4.20. The van der Waals surface area contributed by atoms with Gasteiger partial charge in [0.2, 0.25) is 0 Å². The van der Waals surface area contributed by atoms with Gasteiger partial charge in [0.1, 0.15) is 0 Å². The van der Waals surface area contributed by atoms with Gasteiger partial charge in [-0.15, -0.1) is 0 Å². The van der Waals surface area contributed by atoms with Gasteiger partial charge in [0, 0.05) is 0 Å². The Balaban J connectivity index is 0.000000370. The highest BCUT2D eigenvalue weighted by molar-refractivity contribution is 7.80. The number of rotatable bonds is 5. The van der Waals surface area contributed by atoms with Crippen molar-refractivity contribution >= 4 is 10.4 Å². The largest absolute Gasteiger partial charge is 0.397 e. The highest BCUT2D eigenvalue weighted by Crippen LogP contribution is 2.33. The van der Waals surface area contributed by atoms with Crippen molar-refractivity contribution in [1.82, 2.24) is 0 Å². The van der Waals surface area contributed by atoms with E-state index in [2.05, 4.69) is 25.0 Å². The smallest absolute Gasteiger partial charge is 0.393 e. The maximum absolute atomic E-state index is 9.84. The van der Waals surface area contributed by atoms with Crippen LogP contribution >= 0.6 is 0 Å². The molecule has 122 valence electrons. The lowest BCUT2D eigenvalue weighted by Gasteiger charge is -2.33. The molecule has 20 heavy (non-hydrogen) atoms. The molecule has 0 aromatic rings. The number of hydrogen-bond donors (Lipinski definition) is 2. The SMILES string of the molecule is CC1CCC(C(C)C)C(O)C1.CCCCOS(=O)(=O)O. The standard InChI is InChI=1S/C10H20O.C4H10O4S/c1-7(2)9-5-4-8(3)6-10(9)11;1-2-3-4-8-9(5,6)7/h7-11H,4-6H2,1-3H3;2-4H2,1H3,(H,5,6,7). The lowest BCUT2D eigenvalue weighted by atomic mass is 9.75. The van der Waals surface area contributed by atoms with Crippen LogP contribution in [0.3, 0.4) is 0 Å². The second kappa shape index (κ2) is 9.71. The molecule has 1 saturated carbocycles. The van der Waals surface area contributed by atoms with E-state index in [0.29, 0.717) is 18.3 Å². The zero-order valence-electron chi connectivity index (χ0n) is 13.1. The summed E-state index contributed by atoms with van der Waals surface area (Å²) in [6.45, 7) is 8.62. The van der Waals surface area contributed by atoms with Crippen LogP contribution in [0.5, 0.6) is 0 Å². The lowest BCUT2D eigenvalue weighted by Crippen LogP contribution is -2.31. The van der Waals surface area contributed by atoms with Crippen LogP contribution in [0.2, 0.25) is 0 Å². The summed E-state index contributed by atoms with van der Waals surface area (Å²) in [5.74, 6) is 1.95. The molecule has 0 aromatic heterocycles. The van der Waals surface area contributed by atoms with E-state index in [-0.39, 0.29) is 12.7 Å². The Kier molecular flexibility index (Phi) is 9.63. The Morgan fingerprint density at radius 3 is 2.30 bits per heavy atom. The Bertz CT molecular complexity index is 339. The predicted octanol–water partition coefficient (Wildman–Crippen LogP) is 3.05. The summed E-state index contributed by atoms with van der Waals surface area (Å²) in [5, 5.41) is 9.71. The fraction of sp³-hybridized carbons (Fsp3) is 1.00. The fourth-order valence-corrected chi connectivity index (χ4v) is 2.79. The van der Waals surface area contributed by atoms with Crippen LogP contribution in [0.1, 0.15) is 59.8 Å². The van der Waals surface area contributed by atoms with Crippen molar-refractivity contribution in [3.8, 4) is 0 Å². The highest BCUT2D eigenvalue weighted by Gasteiger charge is 2.28. The summed E-state index contributed by atoms with van der Waals surface area (Å²) in [5.41, 5.74) is 0. The normalized spacial score (nSPS) is 27.1. The molecule has 0 saturated heterocycles. The van der Waals surface area contributed by atoms with Crippen molar-refractivity contribution in [3.63, 3.8) is 0 Å². The van der Waals surface area contributed by atoms with Crippen molar-refractivity contribution in [2.24, 2.45) is 17.8 Å². The highest BCUT2D eigenvalue weighted by atomic mass is 32.3. The first-order valence-corrected chi connectivity index (χ1v) is 8.83. The van der Waals surface area contributed by atoms with Gasteiger partial charge in [0.15, 0.2) is 0 Å². The van der Waals surface area contributed by atoms with E-state index >= 15 is 0 Å². The Morgan fingerprint density at radius 1 is 1.30 bits per heavy atom. The van der Waals surface area contributed by atoms with Crippen molar-refractivity contribution in [2.45, 2.75) is 65.9 Å². The van der Waals surface area contributed by atoms with E-state index < -0.39 is 10.4 Å². The van der Waals surface area contributed by atoms with Crippen LogP contribution < -0.4 is 0 Å². The molecule has 0 aliphatic heterocycles. The van der Waals surface area contributed by atoms with Crippen LogP contribution in [0.15, 0.2) is 0 Å². The number of unbranched alkanes of at least 4 members (excludes halogenated alkanes) is 1. The zero-order valence-corrected chi connectivity index (χ0v) is 13.9. The van der Waals surface area contributed by atoms with Crippen LogP contribution in [-0.2, 0) is 14.6 Å². The minimum absolute atomic E-state index is 0.0289. The first kappa shape index (κ1) is 19.8. The van der Waals surface area contributed by atoms with Gasteiger partial charge in [-0.25, -0.2) is 4.18 Å². The summed E-state index contributed by atoms with van der Waals surface area (Å²) >= 11 is 0.